The number of allylic oxidation sites excluding steroid dienone is 10. The van der Waals surface area contributed by atoms with Crippen LogP contribution >= 0.6 is 0 Å². The lowest BCUT2D eigenvalue weighted by atomic mass is 9.94. The van der Waals surface area contributed by atoms with E-state index in [1.54, 1.807) is 0 Å². The van der Waals surface area contributed by atoms with Gasteiger partial charge in [-0.25, -0.2) is 0 Å². The van der Waals surface area contributed by atoms with Crippen LogP contribution in [0.2, 0.25) is 0 Å². The normalized spacial score (nSPS) is 24.1. The minimum Gasteiger partial charge on any atom is -0.192 e. The Morgan fingerprint density at radius 2 is 2.00 bits per heavy atom. The predicted octanol–water partition coefficient (Wildman–Crippen LogP) is 2.67. The summed E-state index contributed by atoms with van der Waals surface area (Å²) in [6.07, 6.45) is 16.0. The van der Waals surface area contributed by atoms with Gasteiger partial charge in [-0.3, -0.25) is 0 Å². The molecule has 0 aliphatic heterocycles. The molecule has 1 heteroatoms. The maximum absolute atomic E-state index is 8.77. The first-order chi connectivity index (χ1) is 6.40. The molecule has 1 nitrogen and oxygen atoms in total. The molecule has 0 fully saturated rings. The van der Waals surface area contributed by atoms with Gasteiger partial charge in [-0.05, 0) is 17.7 Å². The third-order valence-corrected chi connectivity index (χ3v) is 2.15. The van der Waals surface area contributed by atoms with Gasteiger partial charge < -0.3 is 0 Å². The standard InChI is InChI=1S/C12H9N/c13-9-10-4-3-7-11-5-1-2-6-12(11)8-10/h1-8,11H. The van der Waals surface area contributed by atoms with Crippen molar-refractivity contribution in [2.24, 2.45) is 5.92 Å². The monoisotopic (exact) mass is 167 g/mol. The van der Waals surface area contributed by atoms with Crippen LogP contribution in [0.25, 0.3) is 0 Å². The molecule has 0 saturated heterocycles. The molecule has 0 aromatic rings. The summed E-state index contributed by atoms with van der Waals surface area (Å²) in [4.78, 5) is 0. The van der Waals surface area contributed by atoms with E-state index in [2.05, 4.69) is 18.2 Å². The number of fused-ring (bicyclic) bond motifs is 1. The second-order valence-corrected chi connectivity index (χ2v) is 3.03. The van der Waals surface area contributed by atoms with E-state index in [1.165, 1.54) is 5.57 Å². The fourth-order valence-electron chi connectivity index (χ4n) is 1.47. The van der Waals surface area contributed by atoms with Gasteiger partial charge in [-0.2, -0.15) is 5.26 Å². The van der Waals surface area contributed by atoms with Crippen molar-refractivity contribution in [3.63, 3.8) is 0 Å². The number of nitrogens with zero attached hydrogens (tertiary/aromatic N) is 1. The van der Waals surface area contributed by atoms with Crippen LogP contribution in [0, 0.1) is 17.2 Å². The van der Waals surface area contributed by atoms with Crippen molar-refractivity contribution in [2.45, 2.75) is 0 Å². The molecule has 0 spiro atoms. The summed E-state index contributed by atoms with van der Waals surface area (Å²) in [5.74, 6) is 0.340. The molecule has 2 aliphatic carbocycles. The summed E-state index contributed by atoms with van der Waals surface area (Å²) in [7, 11) is 0. The highest BCUT2D eigenvalue weighted by Crippen LogP contribution is 2.23. The van der Waals surface area contributed by atoms with Crippen LogP contribution in [-0.4, -0.2) is 0 Å². The molecule has 13 heavy (non-hydrogen) atoms. The van der Waals surface area contributed by atoms with E-state index in [0.717, 1.165) is 0 Å². The largest absolute Gasteiger partial charge is 0.192 e. The third kappa shape index (κ3) is 1.52. The van der Waals surface area contributed by atoms with Gasteiger partial charge in [-0.15, -0.1) is 0 Å². The Morgan fingerprint density at radius 1 is 1.15 bits per heavy atom. The SMILES string of the molecule is N#CC1=CC=CC2C=CC=CC2=C1. The summed E-state index contributed by atoms with van der Waals surface area (Å²) in [6, 6.07) is 2.15. The summed E-state index contributed by atoms with van der Waals surface area (Å²) in [5.41, 5.74) is 1.90. The molecule has 2 aliphatic rings. The molecular formula is C12H9N. The fraction of sp³-hybridized carbons (Fsp3) is 0.0833. The Kier molecular flexibility index (Phi) is 1.97. The van der Waals surface area contributed by atoms with Crippen molar-refractivity contribution in [3.8, 4) is 6.07 Å². The number of hydrogen-bond donors (Lipinski definition) is 0. The van der Waals surface area contributed by atoms with Crippen LogP contribution in [0.15, 0.2) is 59.8 Å². The first-order valence-corrected chi connectivity index (χ1v) is 4.25. The van der Waals surface area contributed by atoms with Crippen molar-refractivity contribution in [1.82, 2.24) is 0 Å². The molecule has 0 aromatic carbocycles. The highest BCUT2D eigenvalue weighted by molar-refractivity contribution is 5.48. The first kappa shape index (κ1) is 7.82. The molecular weight excluding hydrogens is 158 g/mol. The summed E-state index contributed by atoms with van der Waals surface area (Å²) in [5, 5.41) is 8.77. The molecule has 1 unspecified atom stereocenters. The van der Waals surface area contributed by atoms with Crippen LogP contribution in [0.1, 0.15) is 0 Å². The smallest absolute Gasteiger partial charge is 0.0991 e. The van der Waals surface area contributed by atoms with Crippen LogP contribution in [0.5, 0.6) is 0 Å². The van der Waals surface area contributed by atoms with E-state index in [9.17, 15) is 0 Å². The lowest BCUT2D eigenvalue weighted by molar-refractivity contribution is 0.997. The van der Waals surface area contributed by atoms with Crippen molar-refractivity contribution in [1.29, 1.82) is 5.26 Å². The average Bonchev–Trinajstić information content (AvgIpc) is 2.38. The molecule has 0 bridgehead atoms. The summed E-state index contributed by atoms with van der Waals surface area (Å²) in [6.45, 7) is 0. The van der Waals surface area contributed by atoms with Gasteiger partial charge in [-0.1, -0.05) is 36.5 Å². The predicted molar refractivity (Wildman–Crippen MR) is 52.7 cm³/mol. The molecule has 62 valence electrons. The second-order valence-electron chi connectivity index (χ2n) is 3.03. The number of hydrogen-bond acceptors (Lipinski definition) is 1. The molecule has 0 N–H and O–H groups in total. The van der Waals surface area contributed by atoms with Crippen molar-refractivity contribution >= 4 is 0 Å². The van der Waals surface area contributed by atoms with Gasteiger partial charge in [0.25, 0.3) is 0 Å². The molecule has 0 heterocycles. The molecule has 0 amide bonds. The van der Waals surface area contributed by atoms with Crippen LogP contribution in [0.3, 0.4) is 0 Å². The Labute approximate surface area is 77.7 Å². The molecule has 0 aromatic heterocycles. The zero-order chi connectivity index (χ0) is 9.10. The Balaban J connectivity index is 2.42. The molecule has 1 atom stereocenters. The van der Waals surface area contributed by atoms with E-state index in [1.807, 2.05) is 36.5 Å². The lowest BCUT2D eigenvalue weighted by Crippen LogP contribution is -1.97. The van der Waals surface area contributed by atoms with Crippen molar-refractivity contribution < 1.29 is 0 Å². The minimum atomic E-state index is 0.340. The highest BCUT2D eigenvalue weighted by atomic mass is 14.2. The van der Waals surface area contributed by atoms with Gasteiger partial charge in [0, 0.05) is 5.92 Å². The van der Waals surface area contributed by atoms with Crippen LogP contribution in [0.4, 0.5) is 0 Å². The highest BCUT2D eigenvalue weighted by Gasteiger charge is 2.09. The van der Waals surface area contributed by atoms with Gasteiger partial charge in [0.2, 0.25) is 0 Å². The van der Waals surface area contributed by atoms with Gasteiger partial charge in [0.1, 0.15) is 0 Å². The Bertz CT molecular complexity index is 397. The number of nitriles is 1. The first-order valence-electron chi connectivity index (χ1n) is 4.25. The second kappa shape index (κ2) is 3.28. The van der Waals surface area contributed by atoms with E-state index < -0.39 is 0 Å². The van der Waals surface area contributed by atoms with E-state index in [-0.39, 0.29) is 0 Å². The minimum absolute atomic E-state index is 0.340. The average molecular weight is 167 g/mol. The Hall–Kier alpha value is -1.81. The summed E-state index contributed by atoms with van der Waals surface area (Å²) >= 11 is 0. The quantitative estimate of drug-likeness (QED) is 0.544. The molecule has 0 radical (unpaired) electrons. The third-order valence-electron chi connectivity index (χ3n) is 2.15. The number of rotatable bonds is 0. The lowest BCUT2D eigenvalue weighted by Gasteiger charge is -2.10. The van der Waals surface area contributed by atoms with Crippen LogP contribution in [-0.2, 0) is 0 Å². The molecule has 2 rings (SSSR count). The zero-order valence-corrected chi connectivity index (χ0v) is 7.14. The van der Waals surface area contributed by atoms with Crippen LogP contribution < -0.4 is 0 Å². The maximum atomic E-state index is 8.77. The zero-order valence-electron chi connectivity index (χ0n) is 7.14. The van der Waals surface area contributed by atoms with E-state index in [4.69, 9.17) is 5.26 Å². The van der Waals surface area contributed by atoms with E-state index >= 15 is 0 Å². The van der Waals surface area contributed by atoms with Gasteiger partial charge in [0.15, 0.2) is 0 Å². The summed E-state index contributed by atoms with van der Waals surface area (Å²) < 4.78 is 0. The van der Waals surface area contributed by atoms with Gasteiger partial charge >= 0.3 is 0 Å². The molecule has 0 saturated carbocycles. The van der Waals surface area contributed by atoms with Crippen molar-refractivity contribution in [3.05, 3.63) is 59.8 Å². The van der Waals surface area contributed by atoms with Gasteiger partial charge in [0.05, 0.1) is 11.6 Å². The fourth-order valence-corrected chi connectivity index (χ4v) is 1.47. The Morgan fingerprint density at radius 3 is 2.85 bits per heavy atom. The van der Waals surface area contributed by atoms with Crippen molar-refractivity contribution in [2.75, 3.05) is 0 Å². The van der Waals surface area contributed by atoms with E-state index in [0.29, 0.717) is 11.5 Å². The topological polar surface area (TPSA) is 23.8 Å². The maximum Gasteiger partial charge on any atom is 0.0991 e.